The van der Waals surface area contributed by atoms with E-state index in [1.807, 2.05) is 0 Å². The molecule has 9 nitrogen and oxygen atoms in total. The molecule has 0 spiro atoms. The van der Waals surface area contributed by atoms with Crippen molar-refractivity contribution in [1.82, 2.24) is 35.9 Å². The van der Waals surface area contributed by atoms with E-state index in [0.29, 0.717) is 27.9 Å². The minimum absolute atomic E-state index is 0.102. The van der Waals surface area contributed by atoms with Gasteiger partial charge in [0.05, 0.1) is 6.04 Å². The number of H-pyrrole nitrogens is 1. The van der Waals surface area contributed by atoms with Crippen molar-refractivity contribution in [1.29, 1.82) is 5.41 Å². The number of carbonyl (C=O) groups excluding carboxylic acids is 1. The van der Waals surface area contributed by atoms with Crippen LogP contribution in [0.2, 0.25) is 0 Å². The molecular formula is C21H23FN8O. The van der Waals surface area contributed by atoms with E-state index in [4.69, 9.17) is 5.41 Å². The number of carbonyl (C=O) groups is 1. The summed E-state index contributed by atoms with van der Waals surface area (Å²) < 4.78 is 14.1. The van der Waals surface area contributed by atoms with Gasteiger partial charge >= 0.3 is 0 Å². The Bertz CT molecular complexity index is 1150. The zero-order valence-corrected chi connectivity index (χ0v) is 17.0. The predicted octanol–water partition coefficient (Wildman–Crippen LogP) is 2.06. The molecule has 31 heavy (non-hydrogen) atoms. The summed E-state index contributed by atoms with van der Waals surface area (Å²) in [5.74, 6) is -0.115. The van der Waals surface area contributed by atoms with Crippen LogP contribution in [0.3, 0.4) is 0 Å². The lowest BCUT2D eigenvalue weighted by molar-refractivity contribution is 0.0947. The van der Waals surface area contributed by atoms with E-state index in [1.54, 1.807) is 19.3 Å². The van der Waals surface area contributed by atoms with Crippen molar-refractivity contribution < 1.29 is 9.18 Å². The van der Waals surface area contributed by atoms with Gasteiger partial charge in [-0.05, 0) is 48.7 Å². The molecule has 1 fully saturated rings. The van der Waals surface area contributed by atoms with E-state index in [1.165, 1.54) is 18.5 Å². The van der Waals surface area contributed by atoms with Gasteiger partial charge in [-0.25, -0.2) is 19.3 Å². The summed E-state index contributed by atoms with van der Waals surface area (Å²) in [7, 11) is 1.70. The van der Waals surface area contributed by atoms with Gasteiger partial charge in [-0.2, -0.15) is 0 Å². The molecule has 0 radical (unpaired) electrons. The van der Waals surface area contributed by atoms with Gasteiger partial charge in [0.15, 0.2) is 11.3 Å². The second-order valence-electron chi connectivity index (χ2n) is 7.26. The topological polar surface area (TPSA) is 131 Å². The second-order valence-corrected chi connectivity index (χ2v) is 7.26. The third-order valence-electron chi connectivity index (χ3n) is 5.11. The van der Waals surface area contributed by atoms with Gasteiger partial charge in [0, 0.05) is 31.6 Å². The number of amides is 1. The molecule has 160 valence electrons. The summed E-state index contributed by atoms with van der Waals surface area (Å²) in [5.41, 5.74) is 2.74. The molecule has 3 aromatic rings. The molecule has 1 amide bonds. The summed E-state index contributed by atoms with van der Waals surface area (Å²) >= 11 is 0. The minimum atomic E-state index is -0.447. The highest BCUT2D eigenvalue weighted by atomic mass is 19.1. The highest BCUT2D eigenvalue weighted by Gasteiger charge is 2.22. The molecule has 3 heterocycles. The van der Waals surface area contributed by atoms with Gasteiger partial charge in [-0.3, -0.25) is 4.79 Å². The van der Waals surface area contributed by atoms with E-state index >= 15 is 0 Å². The summed E-state index contributed by atoms with van der Waals surface area (Å²) in [6.45, 7) is 1.03. The third kappa shape index (κ3) is 4.43. The molecule has 1 aliphatic rings. The van der Waals surface area contributed by atoms with Gasteiger partial charge in [-0.15, -0.1) is 0 Å². The van der Waals surface area contributed by atoms with E-state index in [9.17, 15) is 9.18 Å². The van der Waals surface area contributed by atoms with Crippen molar-refractivity contribution in [3.05, 3.63) is 59.2 Å². The number of hydrogen-bond donors (Lipinski definition) is 5. The van der Waals surface area contributed by atoms with Gasteiger partial charge in [0.25, 0.3) is 5.91 Å². The molecule has 1 saturated heterocycles. The van der Waals surface area contributed by atoms with Crippen molar-refractivity contribution in [3.8, 4) is 0 Å². The largest absolute Gasteiger partial charge is 0.393 e. The molecule has 0 bridgehead atoms. The Labute approximate surface area is 178 Å². The Morgan fingerprint density at radius 1 is 1.35 bits per heavy atom. The quantitative estimate of drug-likeness (QED) is 0.370. The molecule has 0 aliphatic carbocycles. The number of aromatic amines is 1. The molecule has 2 aromatic heterocycles. The number of allylic oxidation sites excluding steroid dienone is 1. The summed E-state index contributed by atoms with van der Waals surface area (Å²) in [6, 6.07) is 4.54. The maximum absolute atomic E-state index is 14.1. The molecular weight excluding hydrogens is 399 g/mol. The molecule has 5 N–H and O–H groups in total. The Morgan fingerprint density at radius 3 is 2.97 bits per heavy atom. The fourth-order valence-electron chi connectivity index (χ4n) is 3.65. The number of nitrogens with zero attached hydrogens (tertiary/aromatic N) is 3. The highest BCUT2D eigenvalue weighted by Crippen LogP contribution is 2.23. The number of nitrogens with one attached hydrogen (secondary N) is 5. The maximum atomic E-state index is 14.1. The Kier molecular flexibility index (Phi) is 5.99. The van der Waals surface area contributed by atoms with E-state index in [2.05, 4.69) is 35.9 Å². The van der Waals surface area contributed by atoms with Crippen LogP contribution in [0.5, 0.6) is 0 Å². The highest BCUT2D eigenvalue weighted by molar-refractivity contribution is 6.08. The number of benzene rings is 1. The lowest BCUT2D eigenvalue weighted by Gasteiger charge is -2.09. The third-order valence-corrected chi connectivity index (χ3v) is 5.11. The van der Waals surface area contributed by atoms with Crippen molar-refractivity contribution in [3.63, 3.8) is 0 Å². The first-order valence-electron chi connectivity index (χ1n) is 9.99. The molecule has 1 aliphatic heterocycles. The molecule has 1 atom stereocenters. The molecule has 0 unspecified atom stereocenters. The summed E-state index contributed by atoms with van der Waals surface area (Å²) in [5, 5.41) is 16.5. The lowest BCUT2D eigenvalue weighted by atomic mass is 10.0. The fraction of sp³-hybridized carbons (Fsp3) is 0.286. The Hall–Kier alpha value is -3.66. The van der Waals surface area contributed by atoms with Crippen LogP contribution in [0.4, 0.5) is 4.39 Å². The van der Waals surface area contributed by atoms with Crippen LogP contribution in [-0.2, 0) is 6.54 Å². The van der Waals surface area contributed by atoms with Crippen LogP contribution in [0.15, 0.2) is 30.7 Å². The summed E-state index contributed by atoms with van der Waals surface area (Å²) in [4.78, 5) is 28.8. The fourth-order valence-corrected chi connectivity index (χ4v) is 3.65. The lowest BCUT2D eigenvalue weighted by Crippen LogP contribution is -2.24. The number of rotatable bonds is 7. The van der Waals surface area contributed by atoms with Gasteiger partial charge in [0.1, 0.15) is 23.5 Å². The minimum Gasteiger partial charge on any atom is -0.393 e. The zero-order chi connectivity index (χ0) is 21.8. The van der Waals surface area contributed by atoms with Crippen molar-refractivity contribution in [2.24, 2.45) is 0 Å². The SMILES string of the molecule is CN/C=C(\C=N)c1cc(F)cc(CNC(=O)c2ncnc3nc([C@H]4CCCN4)[nH]c23)c1. The van der Waals surface area contributed by atoms with E-state index < -0.39 is 11.7 Å². The van der Waals surface area contributed by atoms with Crippen molar-refractivity contribution in [2.75, 3.05) is 13.6 Å². The Balaban J connectivity index is 1.54. The number of aromatic nitrogens is 4. The average molecular weight is 422 g/mol. The van der Waals surface area contributed by atoms with Crippen LogP contribution in [0, 0.1) is 11.2 Å². The van der Waals surface area contributed by atoms with Crippen molar-refractivity contribution in [2.45, 2.75) is 25.4 Å². The first kappa shape index (κ1) is 20.6. The maximum Gasteiger partial charge on any atom is 0.272 e. The number of halogens is 1. The first-order valence-corrected chi connectivity index (χ1v) is 9.99. The molecule has 4 rings (SSSR count). The number of imidazole rings is 1. The van der Waals surface area contributed by atoms with Crippen LogP contribution in [0.25, 0.3) is 16.7 Å². The van der Waals surface area contributed by atoms with Crippen LogP contribution in [0.1, 0.15) is 46.3 Å². The zero-order valence-electron chi connectivity index (χ0n) is 17.0. The van der Waals surface area contributed by atoms with Crippen LogP contribution >= 0.6 is 0 Å². The number of fused-ring (bicyclic) bond motifs is 1. The molecule has 1 aromatic carbocycles. The molecule has 0 saturated carbocycles. The second kappa shape index (κ2) is 9.00. The monoisotopic (exact) mass is 422 g/mol. The van der Waals surface area contributed by atoms with Gasteiger partial charge < -0.3 is 26.3 Å². The normalized spacial score (nSPS) is 16.5. The molecule has 10 heteroatoms. The van der Waals surface area contributed by atoms with Crippen LogP contribution in [-0.4, -0.2) is 45.7 Å². The van der Waals surface area contributed by atoms with Gasteiger partial charge in [0.2, 0.25) is 0 Å². The van der Waals surface area contributed by atoms with E-state index in [0.717, 1.165) is 31.4 Å². The predicted molar refractivity (Wildman–Crippen MR) is 115 cm³/mol. The Morgan fingerprint density at radius 2 is 2.23 bits per heavy atom. The van der Waals surface area contributed by atoms with E-state index in [-0.39, 0.29) is 18.3 Å². The smallest absolute Gasteiger partial charge is 0.272 e. The number of hydrogen-bond acceptors (Lipinski definition) is 7. The average Bonchev–Trinajstić information content (AvgIpc) is 3.44. The standard InChI is InChI=1S/C21H23FN8O/c1-24-10-14(8-23)13-5-12(6-15(22)7-13)9-26-21(31)18-17-20(28-11-27-18)30-19(29-17)16-3-2-4-25-16/h5-8,10-11,16,23-25H,2-4,9H2,1H3,(H,26,31)(H,27,28,29,30)/b14-10+,23-8?/t16-/m1/s1. The van der Waals surface area contributed by atoms with Gasteiger partial charge in [-0.1, -0.05) is 0 Å². The summed E-state index contributed by atoms with van der Waals surface area (Å²) in [6.07, 6.45) is 6.09. The van der Waals surface area contributed by atoms with Crippen LogP contribution < -0.4 is 16.0 Å². The van der Waals surface area contributed by atoms with Crippen molar-refractivity contribution >= 4 is 28.9 Å². The first-order chi connectivity index (χ1) is 15.1.